The Labute approximate surface area is 155 Å². The van der Waals surface area contributed by atoms with Crippen LogP contribution in [-0.2, 0) is 28.6 Å². The fourth-order valence-electron chi connectivity index (χ4n) is 2.57. The fraction of sp³-hybridized carbons (Fsp3) is 0.375. The summed E-state index contributed by atoms with van der Waals surface area (Å²) in [5.41, 5.74) is 9.07. The number of hydrogen-bond acceptors (Lipinski definition) is 8. The average molecular weight is 395 g/mol. The summed E-state index contributed by atoms with van der Waals surface area (Å²) in [6.07, 6.45) is -0.619. The van der Waals surface area contributed by atoms with Crippen LogP contribution in [0.1, 0.15) is 16.8 Å². The quantitative estimate of drug-likeness (QED) is 0.234. The van der Waals surface area contributed by atoms with Crippen molar-refractivity contribution in [2.75, 3.05) is 13.4 Å². The summed E-state index contributed by atoms with van der Waals surface area (Å²) in [4.78, 5) is 26.9. The first kappa shape index (κ1) is 20.4. The second-order valence-electron chi connectivity index (χ2n) is 5.66. The van der Waals surface area contributed by atoms with Crippen LogP contribution in [0.25, 0.3) is 10.4 Å². The minimum absolute atomic E-state index is 0.0779. The van der Waals surface area contributed by atoms with Crippen LogP contribution < -0.4 is 0 Å². The number of ether oxygens (including phenoxy) is 2. The molecule has 0 bridgehead atoms. The lowest BCUT2D eigenvalue weighted by molar-refractivity contribution is -0.137. The topological polar surface area (TPSA) is 145 Å². The van der Waals surface area contributed by atoms with Crippen LogP contribution >= 0.6 is 0 Å². The van der Waals surface area contributed by atoms with E-state index in [2.05, 4.69) is 14.8 Å². The van der Waals surface area contributed by atoms with Gasteiger partial charge in [0.05, 0.1) is 25.0 Å². The third kappa shape index (κ3) is 5.55. The molecule has 1 aromatic carbocycles. The number of carbonyl (C=O) groups is 2. The van der Waals surface area contributed by atoms with E-state index < -0.39 is 40.3 Å². The molecule has 0 N–H and O–H groups in total. The van der Waals surface area contributed by atoms with Gasteiger partial charge in [0.2, 0.25) is 0 Å². The second kappa shape index (κ2) is 8.67. The lowest BCUT2D eigenvalue weighted by Gasteiger charge is -2.33. The van der Waals surface area contributed by atoms with Gasteiger partial charge in [0.1, 0.15) is 12.2 Å². The summed E-state index contributed by atoms with van der Waals surface area (Å²) in [7, 11) is -2.81. The van der Waals surface area contributed by atoms with Gasteiger partial charge in [-0.15, -0.1) is 0 Å². The van der Waals surface area contributed by atoms with Crippen molar-refractivity contribution in [1.29, 1.82) is 0 Å². The number of methoxy groups -OCH3 is 1. The highest BCUT2D eigenvalue weighted by Crippen LogP contribution is 2.29. The number of esters is 2. The lowest BCUT2D eigenvalue weighted by Crippen LogP contribution is -2.45. The first-order chi connectivity index (χ1) is 12.7. The molecule has 11 heteroatoms. The van der Waals surface area contributed by atoms with Crippen molar-refractivity contribution in [1.82, 2.24) is 0 Å². The SMILES string of the molecule is COC(=O)C1=C[C@H](N=[N+]=[N-])[C@@H](OS(C)(=O)=O)[C@H](OC(=O)c2ccccc2)C1. The predicted molar refractivity (Wildman–Crippen MR) is 93.0 cm³/mol. The van der Waals surface area contributed by atoms with Crippen LogP contribution in [-0.4, -0.2) is 52.0 Å². The Kier molecular flexibility index (Phi) is 6.56. The molecule has 3 atom stereocenters. The van der Waals surface area contributed by atoms with Crippen molar-refractivity contribution in [3.8, 4) is 0 Å². The van der Waals surface area contributed by atoms with Gasteiger partial charge >= 0.3 is 11.9 Å². The number of nitrogens with zero attached hydrogens (tertiary/aromatic N) is 3. The fourth-order valence-corrected chi connectivity index (χ4v) is 3.21. The van der Waals surface area contributed by atoms with Gasteiger partial charge in [-0.1, -0.05) is 29.4 Å². The first-order valence-corrected chi connectivity index (χ1v) is 9.54. The number of benzene rings is 1. The molecule has 0 fully saturated rings. The van der Waals surface area contributed by atoms with E-state index in [4.69, 9.17) is 14.5 Å². The molecule has 10 nitrogen and oxygen atoms in total. The van der Waals surface area contributed by atoms with Gasteiger partial charge in [-0.2, -0.15) is 8.42 Å². The van der Waals surface area contributed by atoms with Gasteiger partial charge in [0, 0.05) is 16.9 Å². The molecule has 1 aromatic rings. The maximum absolute atomic E-state index is 12.4. The Morgan fingerprint density at radius 2 is 1.89 bits per heavy atom. The minimum Gasteiger partial charge on any atom is -0.466 e. The van der Waals surface area contributed by atoms with E-state index in [9.17, 15) is 18.0 Å². The Morgan fingerprint density at radius 3 is 2.44 bits per heavy atom. The van der Waals surface area contributed by atoms with E-state index in [1.165, 1.54) is 18.2 Å². The molecule has 0 aliphatic heterocycles. The smallest absolute Gasteiger partial charge is 0.338 e. The molecule has 0 spiro atoms. The van der Waals surface area contributed by atoms with Crippen molar-refractivity contribution < 1.29 is 31.7 Å². The normalized spacial score (nSPS) is 22.1. The van der Waals surface area contributed by atoms with Crippen LogP contribution in [0.3, 0.4) is 0 Å². The molecular weight excluding hydrogens is 378 g/mol. The van der Waals surface area contributed by atoms with E-state index in [1.54, 1.807) is 18.2 Å². The van der Waals surface area contributed by atoms with Crippen LogP contribution in [0.5, 0.6) is 0 Å². The zero-order chi connectivity index (χ0) is 20.0. The molecule has 2 rings (SSSR count). The Bertz CT molecular complexity index is 892. The molecule has 1 aliphatic rings. The molecule has 1 aliphatic carbocycles. The number of carbonyl (C=O) groups excluding carboxylic acids is 2. The summed E-state index contributed by atoms with van der Waals surface area (Å²) in [5, 5.41) is 3.46. The van der Waals surface area contributed by atoms with Crippen LogP contribution in [0, 0.1) is 0 Å². The standard InChI is InChI=1S/C16H17N3O7S/c1-24-15(20)11-8-12(18-19-17)14(26-27(2,22)23)13(9-11)25-16(21)10-6-4-3-5-7-10/h3-8,12-14H,9H2,1-2H3/t12-,13+,14+/m0/s1. The van der Waals surface area contributed by atoms with Gasteiger partial charge in [0.15, 0.2) is 0 Å². The highest BCUT2D eigenvalue weighted by Gasteiger charge is 2.40. The highest BCUT2D eigenvalue weighted by atomic mass is 32.2. The molecule has 0 heterocycles. The summed E-state index contributed by atoms with van der Waals surface area (Å²) in [6, 6.07) is 6.80. The highest BCUT2D eigenvalue weighted by molar-refractivity contribution is 7.86. The van der Waals surface area contributed by atoms with Crippen molar-refractivity contribution in [3.63, 3.8) is 0 Å². The van der Waals surface area contributed by atoms with Crippen LogP contribution in [0.2, 0.25) is 0 Å². The van der Waals surface area contributed by atoms with Crippen molar-refractivity contribution in [2.24, 2.45) is 5.11 Å². The molecule has 0 amide bonds. The maximum Gasteiger partial charge on any atom is 0.338 e. The van der Waals surface area contributed by atoms with E-state index in [0.29, 0.717) is 0 Å². The summed E-state index contributed by atoms with van der Waals surface area (Å²) in [6.45, 7) is 0. The Hall–Kier alpha value is -2.88. The Balaban J connectivity index is 2.39. The molecule has 0 aromatic heterocycles. The van der Waals surface area contributed by atoms with E-state index >= 15 is 0 Å². The van der Waals surface area contributed by atoms with Crippen molar-refractivity contribution in [3.05, 3.63) is 58.0 Å². The molecule has 0 radical (unpaired) electrons. The van der Waals surface area contributed by atoms with E-state index in [0.717, 1.165) is 13.4 Å². The molecule has 27 heavy (non-hydrogen) atoms. The molecule has 144 valence electrons. The van der Waals surface area contributed by atoms with Crippen LogP contribution in [0.15, 0.2) is 47.1 Å². The third-order valence-electron chi connectivity index (χ3n) is 3.68. The van der Waals surface area contributed by atoms with Gasteiger partial charge in [-0.05, 0) is 17.7 Å². The van der Waals surface area contributed by atoms with Crippen molar-refractivity contribution >= 4 is 22.1 Å². The largest absolute Gasteiger partial charge is 0.466 e. The first-order valence-electron chi connectivity index (χ1n) is 7.72. The zero-order valence-corrected chi connectivity index (χ0v) is 15.3. The van der Waals surface area contributed by atoms with Gasteiger partial charge in [-0.25, -0.2) is 9.59 Å². The number of azide groups is 1. The third-order valence-corrected chi connectivity index (χ3v) is 4.25. The summed E-state index contributed by atoms with van der Waals surface area (Å²) < 4.78 is 38.2. The molecule has 0 saturated heterocycles. The van der Waals surface area contributed by atoms with Gasteiger partial charge in [0.25, 0.3) is 10.1 Å². The van der Waals surface area contributed by atoms with Gasteiger partial charge in [-0.3, -0.25) is 4.18 Å². The molecule has 0 unspecified atom stereocenters. The van der Waals surface area contributed by atoms with Crippen molar-refractivity contribution in [2.45, 2.75) is 24.7 Å². The zero-order valence-electron chi connectivity index (χ0n) is 14.5. The minimum atomic E-state index is -3.97. The lowest BCUT2D eigenvalue weighted by atomic mass is 9.90. The summed E-state index contributed by atoms with van der Waals surface area (Å²) in [5.74, 6) is -1.46. The molecule has 0 saturated carbocycles. The monoisotopic (exact) mass is 395 g/mol. The predicted octanol–water partition coefficient (Wildman–Crippen LogP) is 1.74. The van der Waals surface area contributed by atoms with E-state index in [1.807, 2.05) is 0 Å². The number of rotatable bonds is 6. The second-order valence-corrected chi connectivity index (χ2v) is 7.26. The summed E-state index contributed by atoms with van der Waals surface area (Å²) >= 11 is 0. The molecular formula is C16H17N3O7S. The van der Waals surface area contributed by atoms with Crippen LogP contribution in [0.4, 0.5) is 0 Å². The van der Waals surface area contributed by atoms with Gasteiger partial charge < -0.3 is 9.47 Å². The number of hydrogen-bond donors (Lipinski definition) is 0. The Morgan fingerprint density at radius 1 is 1.22 bits per heavy atom. The van der Waals surface area contributed by atoms with E-state index in [-0.39, 0.29) is 17.6 Å². The maximum atomic E-state index is 12.4. The average Bonchev–Trinajstić information content (AvgIpc) is 2.63.